The average molecular weight is 551 g/mol. The lowest BCUT2D eigenvalue weighted by Gasteiger charge is -2.28. The highest BCUT2D eigenvalue weighted by Gasteiger charge is 2.23. The molecule has 0 fully saturated rings. The molecule has 0 N–H and O–H groups in total. The summed E-state index contributed by atoms with van der Waals surface area (Å²) in [6, 6.07) is 56.0. The van der Waals surface area contributed by atoms with Crippen LogP contribution in [0.25, 0.3) is 60.2 Å². The van der Waals surface area contributed by atoms with E-state index < -0.39 is 0 Å². The van der Waals surface area contributed by atoms with Gasteiger partial charge < -0.3 is 13.9 Å². The molecule has 0 spiro atoms. The molecule has 0 radical (unpaired) electrons. The van der Waals surface area contributed by atoms with Crippen LogP contribution < -0.4 is 4.90 Å². The van der Waals surface area contributed by atoms with E-state index in [4.69, 9.17) is 4.42 Å². The van der Waals surface area contributed by atoms with Crippen LogP contribution in [0.4, 0.5) is 17.1 Å². The van der Waals surface area contributed by atoms with Gasteiger partial charge in [-0.25, -0.2) is 0 Å². The number of fused-ring (bicyclic) bond motifs is 7. The second-order valence-electron chi connectivity index (χ2n) is 11.0. The lowest BCUT2D eigenvalue weighted by atomic mass is 10.0. The Balaban J connectivity index is 1.40. The van der Waals surface area contributed by atoms with E-state index in [0.717, 1.165) is 50.1 Å². The largest absolute Gasteiger partial charge is 0.456 e. The smallest absolute Gasteiger partial charge is 0.136 e. The molecule has 3 nitrogen and oxygen atoms in total. The van der Waals surface area contributed by atoms with Gasteiger partial charge in [0.15, 0.2) is 0 Å². The van der Waals surface area contributed by atoms with Crippen molar-refractivity contribution >= 4 is 71.6 Å². The molecule has 0 saturated carbocycles. The Morgan fingerprint density at radius 1 is 0.442 bits per heavy atom. The van der Waals surface area contributed by atoms with Crippen LogP contribution in [0, 0.1) is 0 Å². The van der Waals surface area contributed by atoms with E-state index in [-0.39, 0.29) is 0 Å². The molecule has 2 aromatic heterocycles. The number of rotatable bonds is 4. The van der Waals surface area contributed by atoms with E-state index in [1.54, 1.807) is 0 Å². The molecule has 0 unspecified atom stereocenters. The summed E-state index contributed by atoms with van der Waals surface area (Å²) in [6.45, 7) is 0. The van der Waals surface area contributed by atoms with Crippen molar-refractivity contribution < 1.29 is 4.42 Å². The van der Waals surface area contributed by atoms with E-state index in [2.05, 4.69) is 155 Å². The van der Waals surface area contributed by atoms with Gasteiger partial charge in [-0.15, -0.1) is 0 Å². The second kappa shape index (κ2) is 9.37. The van der Waals surface area contributed by atoms with E-state index in [0.29, 0.717) is 0 Å². The summed E-state index contributed by atoms with van der Waals surface area (Å²) in [6.07, 6.45) is 0. The molecular formula is C40H26N2O. The number of para-hydroxylation sites is 5. The second-order valence-corrected chi connectivity index (χ2v) is 11.0. The Morgan fingerprint density at radius 2 is 1.12 bits per heavy atom. The number of benzene rings is 7. The Morgan fingerprint density at radius 3 is 1.98 bits per heavy atom. The molecule has 0 aliphatic carbocycles. The molecule has 9 rings (SSSR count). The first-order chi connectivity index (χ1) is 21.3. The van der Waals surface area contributed by atoms with Crippen molar-refractivity contribution in [3.05, 3.63) is 158 Å². The highest BCUT2D eigenvalue weighted by Crippen LogP contribution is 2.46. The molecule has 0 aliphatic heterocycles. The molecule has 0 atom stereocenters. The van der Waals surface area contributed by atoms with Crippen LogP contribution in [0.15, 0.2) is 162 Å². The monoisotopic (exact) mass is 550 g/mol. The molecule has 202 valence electrons. The standard InChI is InChI=1S/C40H26N2O/c1-3-14-28(15-4-1)41(36-22-11-13-27-25-34-31-19-8-10-24-38(31)43-39(34)26-33(27)36)37-23-12-20-32-30-18-7-9-21-35(30)42(40(32)37)29-16-5-2-6-17-29/h1-26H. The average Bonchev–Trinajstić information content (AvgIpc) is 3.61. The fourth-order valence-electron chi connectivity index (χ4n) is 6.69. The van der Waals surface area contributed by atoms with Crippen molar-refractivity contribution in [2.24, 2.45) is 0 Å². The summed E-state index contributed by atoms with van der Waals surface area (Å²) in [7, 11) is 0. The first-order valence-electron chi connectivity index (χ1n) is 14.6. The zero-order valence-electron chi connectivity index (χ0n) is 23.3. The summed E-state index contributed by atoms with van der Waals surface area (Å²) < 4.78 is 8.77. The summed E-state index contributed by atoms with van der Waals surface area (Å²) in [5.41, 5.74) is 8.60. The summed E-state index contributed by atoms with van der Waals surface area (Å²) in [4.78, 5) is 2.40. The van der Waals surface area contributed by atoms with Crippen molar-refractivity contribution in [1.29, 1.82) is 0 Å². The first kappa shape index (κ1) is 23.9. The third-order valence-corrected chi connectivity index (χ3v) is 8.54. The van der Waals surface area contributed by atoms with Gasteiger partial charge in [-0.3, -0.25) is 0 Å². The van der Waals surface area contributed by atoms with Gasteiger partial charge in [0.05, 0.1) is 22.4 Å². The molecule has 0 aliphatic rings. The zero-order valence-corrected chi connectivity index (χ0v) is 23.3. The quantitative estimate of drug-likeness (QED) is 0.217. The lowest BCUT2D eigenvalue weighted by molar-refractivity contribution is 0.669. The molecule has 7 aromatic carbocycles. The minimum atomic E-state index is 0.894. The third kappa shape index (κ3) is 3.62. The Kier molecular flexibility index (Phi) is 5.20. The number of anilines is 3. The molecule has 0 bridgehead atoms. The van der Waals surface area contributed by atoms with Crippen LogP contribution in [0.1, 0.15) is 0 Å². The molecule has 2 heterocycles. The fourth-order valence-corrected chi connectivity index (χ4v) is 6.69. The lowest BCUT2D eigenvalue weighted by Crippen LogP contribution is -2.12. The summed E-state index contributed by atoms with van der Waals surface area (Å²) >= 11 is 0. The topological polar surface area (TPSA) is 21.3 Å². The highest BCUT2D eigenvalue weighted by atomic mass is 16.3. The summed E-state index contributed by atoms with van der Waals surface area (Å²) in [5.74, 6) is 0. The Labute approximate surface area is 248 Å². The number of nitrogens with zero attached hydrogens (tertiary/aromatic N) is 2. The van der Waals surface area contributed by atoms with Gasteiger partial charge >= 0.3 is 0 Å². The van der Waals surface area contributed by atoms with Crippen molar-refractivity contribution in [3.8, 4) is 5.69 Å². The molecule has 43 heavy (non-hydrogen) atoms. The minimum absolute atomic E-state index is 0.894. The van der Waals surface area contributed by atoms with Crippen LogP contribution in [0.3, 0.4) is 0 Å². The molecule has 9 aromatic rings. The Bertz CT molecular complexity index is 2450. The van der Waals surface area contributed by atoms with Crippen LogP contribution in [0.5, 0.6) is 0 Å². The van der Waals surface area contributed by atoms with Crippen molar-refractivity contribution in [2.75, 3.05) is 4.90 Å². The SMILES string of the molecule is c1ccc(N(c2cccc3cc4c(cc23)oc2ccccc24)c2cccc3c4ccccc4n(-c4ccccc4)c23)cc1. The number of hydrogen-bond acceptors (Lipinski definition) is 2. The van der Waals surface area contributed by atoms with Gasteiger partial charge in [-0.05, 0) is 66.0 Å². The maximum atomic E-state index is 6.37. The third-order valence-electron chi connectivity index (χ3n) is 8.54. The maximum absolute atomic E-state index is 6.37. The molecule has 0 saturated heterocycles. The van der Waals surface area contributed by atoms with E-state index >= 15 is 0 Å². The number of aromatic nitrogens is 1. The van der Waals surface area contributed by atoms with Gasteiger partial charge in [0, 0.05) is 38.3 Å². The van der Waals surface area contributed by atoms with Crippen LogP contribution in [-0.2, 0) is 0 Å². The predicted octanol–water partition coefficient (Wildman–Crippen LogP) is 11.3. The van der Waals surface area contributed by atoms with Crippen LogP contribution >= 0.6 is 0 Å². The maximum Gasteiger partial charge on any atom is 0.136 e. The van der Waals surface area contributed by atoms with Gasteiger partial charge in [0.2, 0.25) is 0 Å². The van der Waals surface area contributed by atoms with Gasteiger partial charge in [0.25, 0.3) is 0 Å². The molecule has 0 amide bonds. The van der Waals surface area contributed by atoms with Crippen molar-refractivity contribution in [3.63, 3.8) is 0 Å². The number of hydrogen-bond donors (Lipinski definition) is 0. The van der Waals surface area contributed by atoms with E-state index in [1.807, 2.05) is 12.1 Å². The van der Waals surface area contributed by atoms with Gasteiger partial charge in [0.1, 0.15) is 11.2 Å². The van der Waals surface area contributed by atoms with E-state index in [1.165, 1.54) is 27.2 Å². The predicted molar refractivity (Wildman–Crippen MR) is 180 cm³/mol. The first-order valence-corrected chi connectivity index (χ1v) is 14.6. The number of furan rings is 1. The van der Waals surface area contributed by atoms with Gasteiger partial charge in [-0.2, -0.15) is 0 Å². The zero-order chi connectivity index (χ0) is 28.3. The minimum Gasteiger partial charge on any atom is -0.456 e. The van der Waals surface area contributed by atoms with Gasteiger partial charge in [-0.1, -0.05) is 97.1 Å². The van der Waals surface area contributed by atoms with Crippen LogP contribution in [0.2, 0.25) is 0 Å². The van der Waals surface area contributed by atoms with Crippen molar-refractivity contribution in [1.82, 2.24) is 4.57 Å². The highest BCUT2D eigenvalue weighted by molar-refractivity contribution is 6.17. The normalized spacial score (nSPS) is 11.7. The van der Waals surface area contributed by atoms with Crippen molar-refractivity contribution in [2.45, 2.75) is 0 Å². The van der Waals surface area contributed by atoms with E-state index in [9.17, 15) is 0 Å². The Hall–Kier alpha value is -5.80. The molecular weight excluding hydrogens is 524 g/mol. The van der Waals surface area contributed by atoms with Crippen LogP contribution in [-0.4, -0.2) is 4.57 Å². The molecule has 3 heteroatoms. The summed E-state index contributed by atoms with van der Waals surface area (Å²) in [5, 5.41) is 7.04. The fraction of sp³-hybridized carbons (Fsp3) is 0.